The summed E-state index contributed by atoms with van der Waals surface area (Å²) in [5.41, 5.74) is 3.84. The molecular weight excluding hydrogens is 681 g/mol. The Morgan fingerprint density at radius 1 is 1.12 bits per heavy atom. The van der Waals surface area contributed by atoms with Crippen LogP contribution in [0.1, 0.15) is 48.4 Å². The summed E-state index contributed by atoms with van der Waals surface area (Å²) in [6, 6.07) is 8.45. The first-order valence-corrected chi connectivity index (χ1v) is 18.8. The first-order chi connectivity index (χ1) is 23.3. The van der Waals surface area contributed by atoms with Crippen LogP contribution in [0.15, 0.2) is 30.6 Å². The van der Waals surface area contributed by atoms with Crippen molar-refractivity contribution in [1.82, 2.24) is 28.6 Å². The highest BCUT2D eigenvalue weighted by Gasteiger charge is 2.34. The number of fused-ring (bicyclic) bond motifs is 2. The minimum Gasteiger partial charge on any atom is -0.367 e. The number of nitrogens with zero attached hydrogens (tertiary/aromatic N) is 7. The number of rotatable bonds is 10. The second-order valence-electron chi connectivity index (χ2n) is 13.2. The van der Waals surface area contributed by atoms with Gasteiger partial charge in [0.25, 0.3) is 0 Å². The first-order valence-electron chi connectivity index (χ1n) is 16.4. The van der Waals surface area contributed by atoms with E-state index in [4.69, 9.17) is 0 Å². The van der Waals surface area contributed by atoms with Gasteiger partial charge in [0.15, 0.2) is 0 Å². The van der Waals surface area contributed by atoms with Gasteiger partial charge in [-0.15, -0.1) is 11.3 Å². The lowest BCUT2D eigenvalue weighted by Gasteiger charge is -2.41. The van der Waals surface area contributed by atoms with Gasteiger partial charge in [0.05, 0.1) is 11.8 Å². The first kappa shape index (κ1) is 35.5. The van der Waals surface area contributed by atoms with Gasteiger partial charge in [-0.25, -0.2) is 22.8 Å². The molecule has 0 amide bonds. The molecule has 1 aromatic carbocycles. The average Bonchev–Trinajstić information content (AvgIpc) is 3.63. The summed E-state index contributed by atoms with van der Waals surface area (Å²) in [4.78, 5) is 13.9. The number of likely N-dealkylation sites (tertiary alicyclic amines) is 1. The monoisotopic (exact) mass is 720 g/mol. The van der Waals surface area contributed by atoms with E-state index in [1.807, 2.05) is 10.6 Å². The fourth-order valence-electron chi connectivity index (χ4n) is 7.18. The number of thiophene rings is 1. The topological polar surface area (TPSA) is 110 Å². The van der Waals surface area contributed by atoms with Crippen LogP contribution in [0.5, 0.6) is 0 Å². The molecule has 264 valence electrons. The number of piperidine rings is 1. The number of aromatic nitrogens is 3. The van der Waals surface area contributed by atoms with E-state index in [1.54, 1.807) is 13.0 Å². The van der Waals surface area contributed by atoms with Crippen molar-refractivity contribution < 1.29 is 26.0 Å². The standard InChI is InChI=1S/C33H40F4N8O2S2/c1-21(43-10-11-45(22(2)16-43)49(46,47)19-34)17-44-26(15-38)12-28-23(3)24(4-5-30(28)44)18-42-8-6-25(7-9-42)41-31-29-13-27(14-33(35,36)37)48-32(29)40-20-39-31/h4-5,12-13,20-22,25H,6-11,14,16-19H2,1-3H3,(H,39,40,41)/t21-,22+/m0/s1. The van der Waals surface area contributed by atoms with Crippen LogP contribution in [0.2, 0.25) is 0 Å². The Labute approximate surface area is 287 Å². The molecule has 0 bridgehead atoms. The lowest BCUT2D eigenvalue weighted by molar-refractivity contribution is -0.126. The second kappa shape index (κ2) is 14.1. The molecule has 2 aliphatic heterocycles. The number of nitriles is 1. The van der Waals surface area contributed by atoms with Crippen LogP contribution in [0.4, 0.5) is 23.4 Å². The van der Waals surface area contributed by atoms with E-state index < -0.39 is 28.6 Å². The lowest BCUT2D eigenvalue weighted by atomic mass is 10.0. The van der Waals surface area contributed by atoms with Crippen LogP contribution in [0.25, 0.3) is 21.1 Å². The number of nitrogens with one attached hydrogen (secondary N) is 1. The van der Waals surface area contributed by atoms with E-state index in [2.05, 4.69) is 57.1 Å². The maximum absolute atomic E-state index is 13.1. The molecule has 2 aliphatic rings. The number of hydrogen-bond acceptors (Lipinski definition) is 9. The van der Waals surface area contributed by atoms with Gasteiger partial charge in [0, 0.05) is 79.7 Å². The second-order valence-corrected chi connectivity index (χ2v) is 16.2. The van der Waals surface area contributed by atoms with Gasteiger partial charge < -0.3 is 9.88 Å². The van der Waals surface area contributed by atoms with E-state index in [1.165, 1.54) is 16.2 Å². The number of aryl methyl sites for hydroxylation is 1. The largest absolute Gasteiger partial charge is 0.393 e. The molecule has 1 N–H and O–H groups in total. The molecule has 4 aromatic rings. The summed E-state index contributed by atoms with van der Waals surface area (Å²) in [5.74, 6) is 0.572. The number of halogens is 4. The Kier molecular flexibility index (Phi) is 10.2. The zero-order valence-electron chi connectivity index (χ0n) is 27.7. The third-order valence-electron chi connectivity index (χ3n) is 9.82. The smallest absolute Gasteiger partial charge is 0.367 e. The Bertz CT molecular complexity index is 1960. The predicted octanol–water partition coefficient (Wildman–Crippen LogP) is 5.66. The Morgan fingerprint density at radius 3 is 2.55 bits per heavy atom. The molecule has 2 atom stereocenters. The van der Waals surface area contributed by atoms with E-state index in [-0.39, 0.29) is 29.5 Å². The van der Waals surface area contributed by atoms with E-state index >= 15 is 0 Å². The average molecular weight is 721 g/mol. The van der Waals surface area contributed by atoms with Gasteiger partial charge in [-0.1, -0.05) is 6.07 Å². The molecule has 0 radical (unpaired) electrons. The molecule has 3 aromatic heterocycles. The number of benzene rings is 1. The van der Waals surface area contributed by atoms with Crippen LogP contribution in [0.3, 0.4) is 0 Å². The van der Waals surface area contributed by atoms with Gasteiger partial charge in [0.1, 0.15) is 28.7 Å². The summed E-state index contributed by atoms with van der Waals surface area (Å²) in [6.07, 6.45) is -2.15. The molecule has 10 nitrogen and oxygen atoms in total. The fraction of sp³-hybridized carbons (Fsp3) is 0.545. The van der Waals surface area contributed by atoms with Crippen molar-refractivity contribution in [2.24, 2.45) is 0 Å². The van der Waals surface area contributed by atoms with Crippen molar-refractivity contribution >= 4 is 48.3 Å². The number of piperazine rings is 1. The molecule has 0 spiro atoms. The van der Waals surface area contributed by atoms with Gasteiger partial charge in [-0.2, -0.15) is 22.7 Å². The molecule has 16 heteroatoms. The molecule has 0 aliphatic carbocycles. The summed E-state index contributed by atoms with van der Waals surface area (Å²) in [5, 5.41) is 15.1. The fourth-order valence-corrected chi connectivity index (χ4v) is 9.31. The minimum absolute atomic E-state index is 0.0235. The molecule has 2 fully saturated rings. The molecular formula is C33H40F4N8O2S2. The number of alkyl halides is 4. The zero-order valence-corrected chi connectivity index (χ0v) is 29.3. The molecule has 49 heavy (non-hydrogen) atoms. The van der Waals surface area contributed by atoms with Crippen molar-refractivity contribution in [1.29, 1.82) is 5.26 Å². The summed E-state index contributed by atoms with van der Waals surface area (Å²) >= 11 is 1.05. The molecule has 0 saturated carbocycles. The van der Waals surface area contributed by atoms with Gasteiger partial charge >= 0.3 is 6.18 Å². The maximum Gasteiger partial charge on any atom is 0.393 e. The zero-order chi connectivity index (χ0) is 35.1. The van der Waals surface area contributed by atoms with Crippen molar-refractivity contribution in [3.8, 4) is 6.07 Å². The van der Waals surface area contributed by atoms with Crippen molar-refractivity contribution in [2.75, 3.05) is 44.0 Å². The van der Waals surface area contributed by atoms with Gasteiger partial charge in [-0.05, 0) is 62.9 Å². The quantitative estimate of drug-likeness (QED) is 0.209. The van der Waals surface area contributed by atoms with E-state index in [0.29, 0.717) is 41.4 Å². The van der Waals surface area contributed by atoms with Crippen LogP contribution in [0, 0.1) is 18.3 Å². The van der Waals surface area contributed by atoms with Crippen LogP contribution >= 0.6 is 11.3 Å². The Balaban J connectivity index is 1.09. The Morgan fingerprint density at radius 2 is 1.88 bits per heavy atom. The van der Waals surface area contributed by atoms with Crippen LogP contribution in [-0.2, 0) is 29.5 Å². The number of sulfonamides is 1. The molecule has 2 saturated heterocycles. The normalized spacial score (nSPS) is 19.8. The van der Waals surface area contributed by atoms with E-state index in [0.717, 1.165) is 60.3 Å². The maximum atomic E-state index is 13.1. The summed E-state index contributed by atoms with van der Waals surface area (Å²) < 4.78 is 79.5. The van der Waals surface area contributed by atoms with Crippen molar-refractivity contribution in [2.45, 2.75) is 77.4 Å². The molecule has 5 heterocycles. The minimum atomic E-state index is -4.28. The molecule has 6 rings (SSSR count). The van der Waals surface area contributed by atoms with E-state index in [9.17, 15) is 31.2 Å². The number of hydrogen-bond donors (Lipinski definition) is 1. The highest BCUT2D eigenvalue weighted by Crippen LogP contribution is 2.34. The number of anilines is 1. The SMILES string of the molecule is Cc1c(CN2CCC(Nc3ncnc4sc(CC(F)(F)F)cc34)CC2)ccc2c1cc(C#N)n2C[C@H](C)N1CCN(S(=O)(=O)CF)[C@H](C)C1. The summed E-state index contributed by atoms with van der Waals surface area (Å²) in [6.45, 7) is 10.1. The van der Waals surface area contributed by atoms with Gasteiger partial charge in [-0.3, -0.25) is 9.80 Å². The van der Waals surface area contributed by atoms with Crippen molar-refractivity contribution in [3.63, 3.8) is 0 Å². The predicted molar refractivity (Wildman–Crippen MR) is 183 cm³/mol. The third-order valence-corrected chi connectivity index (χ3v) is 12.4. The third kappa shape index (κ3) is 7.70. The molecule has 0 unspecified atom stereocenters. The van der Waals surface area contributed by atoms with Crippen molar-refractivity contribution in [3.05, 3.63) is 52.3 Å². The lowest BCUT2D eigenvalue weighted by Crippen LogP contribution is -2.56. The highest BCUT2D eigenvalue weighted by molar-refractivity contribution is 7.88. The van der Waals surface area contributed by atoms with Crippen LogP contribution < -0.4 is 5.32 Å². The van der Waals surface area contributed by atoms with Gasteiger partial charge in [0.2, 0.25) is 16.0 Å². The summed E-state index contributed by atoms with van der Waals surface area (Å²) in [7, 11) is -3.90. The Hall–Kier alpha value is -3.36. The highest BCUT2D eigenvalue weighted by atomic mass is 32.2. The van der Waals surface area contributed by atoms with Crippen LogP contribution in [-0.4, -0.2) is 100 Å².